The van der Waals surface area contributed by atoms with Crippen molar-refractivity contribution in [3.8, 4) is 5.75 Å². The first-order chi connectivity index (χ1) is 12.4. The largest absolute Gasteiger partial charge is 0.382 e. The highest BCUT2D eigenvalue weighted by Crippen LogP contribution is 2.49. The Morgan fingerprint density at radius 3 is 1.07 bits per heavy atom. The van der Waals surface area contributed by atoms with Gasteiger partial charge in [0.15, 0.2) is 5.75 Å². The zero-order valence-corrected chi connectivity index (χ0v) is 20.1. The first-order valence-corrected chi connectivity index (χ1v) is 9.93. The van der Waals surface area contributed by atoms with E-state index >= 15 is 0 Å². The average Bonchev–Trinajstić information content (AvgIpc) is 2.62. The molecule has 27 heavy (non-hydrogen) atoms. The van der Waals surface area contributed by atoms with Crippen molar-refractivity contribution >= 4 is 134 Å². The predicted molar refractivity (Wildman–Crippen MR) is 116 cm³/mol. The molecule has 2 aromatic rings. The van der Waals surface area contributed by atoms with Crippen LogP contribution in [0.4, 0.5) is 5.69 Å². The lowest BCUT2D eigenvalue weighted by Gasteiger charge is -2.08. The van der Waals surface area contributed by atoms with Crippen LogP contribution in [0.25, 0.3) is 0 Å². The Hall–Kier alpha value is 0.830. The number of nitrogens with zero attached hydrogens (tertiary/aromatic N) is 1. The molecule has 0 spiro atoms. The highest BCUT2D eigenvalue weighted by atomic mass is 35.5. The van der Waals surface area contributed by atoms with Crippen molar-refractivity contribution in [1.82, 2.24) is 0 Å². The topological polar surface area (TPSA) is 52.4 Å². The van der Waals surface area contributed by atoms with E-state index in [1.165, 1.54) is 0 Å². The van der Waals surface area contributed by atoms with Crippen molar-refractivity contribution in [3.05, 3.63) is 60.3 Å². The third kappa shape index (κ3) is 5.50. The van der Waals surface area contributed by atoms with Crippen LogP contribution in [0.5, 0.6) is 5.75 Å². The smallest absolute Gasteiger partial charge is 0.309 e. The van der Waals surface area contributed by atoms with E-state index in [0.29, 0.717) is 0 Å². The summed E-state index contributed by atoms with van der Waals surface area (Å²) in [6, 6.07) is 0. The van der Waals surface area contributed by atoms with Crippen LogP contribution in [0.1, 0.15) is 0 Å². The maximum absolute atomic E-state index is 10.5. The van der Waals surface area contributed by atoms with E-state index in [2.05, 4.69) is 4.29 Å². The van der Waals surface area contributed by atoms with E-state index < -0.39 is 10.6 Å². The molecule has 0 atom stereocenters. The fourth-order valence-corrected chi connectivity index (χ4v) is 4.10. The second kappa shape index (κ2) is 10.7. The summed E-state index contributed by atoms with van der Waals surface area (Å²) < 4.78 is 4.37. The number of halogens is 11. The molecule has 0 bridgehead atoms. The molecule has 0 fully saturated rings. The molecule has 0 amide bonds. The van der Waals surface area contributed by atoms with Gasteiger partial charge in [-0.1, -0.05) is 116 Å². The first kappa shape index (κ1) is 25.9. The van der Waals surface area contributed by atoms with Gasteiger partial charge in [-0.15, -0.1) is 0 Å². The molecule has 0 unspecified atom stereocenters. The molecule has 0 aliphatic rings. The Morgan fingerprint density at radius 1 is 0.556 bits per heavy atom. The van der Waals surface area contributed by atoms with E-state index in [9.17, 15) is 10.1 Å². The van der Waals surface area contributed by atoms with Gasteiger partial charge in [-0.25, -0.2) is 0 Å². The molecule has 0 aliphatic carbocycles. The van der Waals surface area contributed by atoms with Crippen molar-refractivity contribution in [2.24, 2.45) is 0 Å². The van der Waals surface area contributed by atoms with Gasteiger partial charge >= 0.3 is 5.69 Å². The average molecular weight is 596 g/mol. The van der Waals surface area contributed by atoms with E-state index in [0.717, 1.165) is 0 Å². The second-order valence-corrected chi connectivity index (χ2v) is 8.09. The maximum atomic E-state index is 10.5. The van der Waals surface area contributed by atoms with Crippen molar-refractivity contribution in [2.45, 2.75) is 0 Å². The molecule has 0 aromatic heterocycles. The molecular weight excluding hydrogens is 596 g/mol. The molecular formula is C12Cl11NO3. The predicted octanol–water partition coefficient (Wildman–Crippen LogP) is 10.3. The van der Waals surface area contributed by atoms with Crippen LogP contribution >= 0.6 is 128 Å². The number of hydrogen-bond donors (Lipinski definition) is 0. The van der Waals surface area contributed by atoms with Gasteiger partial charge in [-0.3, -0.25) is 10.1 Å². The molecule has 15 heteroatoms. The first-order valence-electron chi connectivity index (χ1n) is 5.84. The third-order valence-corrected chi connectivity index (χ3v) is 7.27. The summed E-state index contributed by atoms with van der Waals surface area (Å²) in [6.07, 6.45) is 0. The van der Waals surface area contributed by atoms with Gasteiger partial charge < -0.3 is 4.29 Å². The summed E-state index contributed by atoms with van der Waals surface area (Å²) in [7, 11) is 0. The van der Waals surface area contributed by atoms with Crippen LogP contribution < -0.4 is 4.29 Å². The lowest BCUT2D eigenvalue weighted by atomic mass is 10.3. The van der Waals surface area contributed by atoms with Crippen LogP contribution in [0, 0.1) is 10.1 Å². The van der Waals surface area contributed by atoms with E-state index in [1.807, 2.05) is 0 Å². The minimum Gasteiger partial charge on any atom is -0.382 e. The summed E-state index contributed by atoms with van der Waals surface area (Å²) in [6.45, 7) is 0. The molecule has 4 nitrogen and oxygen atoms in total. The zero-order valence-electron chi connectivity index (χ0n) is 11.8. The van der Waals surface area contributed by atoms with Gasteiger partial charge in [0.2, 0.25) is 0 Å². The Labute approximate surface area is 207 Å². The SMILES string of the molecule is ClOc1c(Cl)c(Cl)c(Cl)c(Cl)c1Cl.O=[N+]([O-])c1c(Cl)c(Cl)c(Cl)c(Cl)c1Cl. The number of nitro groups is 1. The minimum absolute atomic E-state index is 0.00981. The molecule has 0 radical (unpaired) electrons. The van der Waals surface area contributed by atoms with Crippen LogP contribution in [0.2, 0.25) is 50.2 Å². The van der Waals surface area contributed by atoms with E-state index in [-0.39, 0.29) is 56.0 Å². The fourth-order valence-electron chi connectivity index (χ4n) is 1.41. The number of benzene rings is 2. The molecule has 148 valence electrons. The van der Waals surface area contributed by atoms with Gasteiger partial charge in [0, 0.05) is 0 Å². The maximum Gasteiger partial charge on any atom is 0.309 e. The van der Waals surface area contributed by atoms with Crippen LogP contribution in [-0.4, -0.2) is 4.92 Å². The van der Waals surface area contributed by atoms with Crippen LogP contribution in [0.15, 0.2) is 0 Å². The number of hydrogen-bond acceptors (Lipinski definition) is 3. The molecule has 0 saturated carbocycles. The highest BCUT2D eigenvalue weighted by Gasteiger charge is 2.27. The van der Waals surface area contributed by atoms with Gasteiger partial charge in [0.1, 0.15) is 32.0 Å². The lowest BCUT2D eigenvalue weighted by molar-refractivity contribution is -0.384. The Bertz CT molecular complexity index is 860. The van der Waals surface area contributed by atoms with Gasteiger partial charge in [-0.2, -0.15) is 0 Å². The summed E-state index contributed by atoms with van der Waals surface area (Å²) in [5.74, 6) is -0.00981. The third-order valence-electron chi connectivity index (χ3n) is 2.62. The molecule has 0 N–H and O–H groups in total. The van der Waals surface area contributed by atoms with E-state index in [4.69, 9.17) is 128 Å². The van der Waals surface area contributed by atoms with Crippen molar-refractivity contribution < 1.29 is 9.21 Å². The van der Waals surface area contributed by atoms with Crippen molar-refractivity contribution in [2.75, 3.05) is 0 Å². The standard InChI is InChI=1S/C6Cl6O.C6Cl5NO2/c7-1-2(8)4(10)6(13-12)5(11)3(1)9;7-1-2(8)4(10)6(12(13)14)5(11)3(1)9. The van der Waals surface area contributed by atoms with E-state index in [1.54, 1.807) is 0 Å². The lowest BCUT2D eigenvalue weighted by Crippen LogP contribution is -1.92. The molecule has 0 saturated heterocycles. The Balaban J connectivity index is 0.000000271. The molecule has 0 aliphatic heterocycles. The molecule has 0 heterocycles. The van der Waals surface area contributed by atoms with Gasteiger partial charge in [0.05, 0.1) is 35.1 Å². The summed E-state index contributed by atoms with van der Waals surface area (Å²) in [4.78, 5) is 9.76. The monoisotopic (exact) mass is 591 g/mol. The number of rotatable bonds is 2. The molecule has 2 rings (SSSR count). The van der Waals surface area contributed by atoms with Crippen molar-refractivity contribution in [1.29, 1.82) is 0 Å². The summed E-state index contributed by atoms with van der Waals surface area (Å²) in [5, 5.41) is 9.63. The van der Waals surface area contributed by atoms with Gasteiger partial charge in [-0.05, 0) is 0 Å². The van der Waals surface area contributed by atoms with Gasteiger partial charge in [0.25, 0.3) is 0 Å². The highest BCUT2D eigenvalue weighted by molar-refractivity contribution is 6.57. The zero-order chi connectivity index (χ0) is 21.2. The Kier molecular flexibility index (Phi) is 10.3. The fraction of sp³-hybridized carbons (Fsp3) is 0. The summed E-state index contributed by atoms with van der Waals surface area (Å²) >= 11 is 61.5. The van der Waals surface area contributed by atoms with Crippen LogP contribution in [0.3, 0.4) is 0 Å². The minimum atomic E-state index is -0.779. The molecule has 2 aromatic carbocycles. The van der Waals surface area contributed by atoms with Crippen molar-refractivity contribution in [3.63, 3.8) is 0 Å². The van der Waals surface area contributed by atoms with Crippen LogP contribution in [-0.2, 0) is 0 Å². The second-order valence-electron chi connectivity index (χ2n) is 4.15. The normalized spacial score (nSPS) is 10.3. The summed E-state index contributed by atoms with van der Waals surface area (Å²) in [5.41, 5.74) is -0.548. The number of nitro benzene ring substituents is 1. The Morgan fingerprint density at radius 2 is 0.815 bits per heavy atom. The quantitative estimate of drug-likeness (QED) is 0.150.